The predicted molar refractivity (Wildman–Crippen MR) is 79.9 cm³/mol. The third-order valence-electron chi connectivity index (χ3n) is 2.77. The van der Waals surface area contributed by atoms with Gasteiger partial charge >= 0.3 is 5.97 Å². The Morgan fingerprint density at radius 2 is 1.82 bits per heavy atom. The first-order chi connectivity index (χ1) is 10.6. The van der Waals surface area contributed by atoms with E-state index in [1.54, 1.807) is 24.4 Å². The van der Waals surface area contributed by atoms with Gasteiger partial charge in [-0.05, 0) is 24.3 Å². The lowest BCUT2D eigenvalue weighted by Crippen LogP contribution is -2.15. The molecule has 0 saturated carbocycles. The normalized spacial score (nSPS) is 10.9. The zero-order valence-electron chi connectivity index (χ0n) is 12.1. The standard InChI is InChI=1S/C15H15N3O4/c1-20-12-6-11(7-13(8-12)21-2)15(19)22-18-14(16)10-4-3-5-17-9-10/h3-9H,1-2H3,(H2,16,18). The molecule has 2 N–H and O–H groups in total. The predicted octanol–water partition coefficient (Wildman–Crippen LogP) is 1.58. The fraction of sp³-hybridized carbons (Fsp3) is 0.133. The van der Waals surface area contributed by atoms with E-state index in [0.29, 0.717) is 17.1 Å². The number of carbonyl (C=O) groups is 1. The smallest absolute Gasteiger partial charge is 0.366 e. The van der Waals surface area contributed by atoms with Crippen LogP contribution >= 0.6 is 0 Å². The Morgan fingerprint density at radius 3 is 2.36 bits per heavy atom. The van der Waals surface area contributed by atoms with Crippen molar-refractivity contribution in [3.63, 3.8) is 0 Å². The summed E-state index contributed by atoms with van der Waals surface area (Å²) in [5.74, 6) is 0.311. The van der Waals surface area contributed by atoms with Crippen molar-refractivity contribution >= 4 is 11.8 Å². The molecule has 7 nitrogen and oxygen atoms in total. The average Bonchev–Trinajstić information content (AvgIpc) is 2.59. The largest absolute Gasteiger partial charge is 0.497 e. The Morgan fingerprint density at radius 1 is 1.14 bits per heavy atom. The third-order valence-corrected chi connectivity index (χ3v) is 2.77. The van der Waals surface area contributed by atoms with Crippen molar-refractivity contribution in [1.29, 1.82) is 0 Å². The van der Waals surface area contributed by atoms with Crippen LogP contribution in [0.2, 0.25) is 0 Å². The summed E-state index contributed by atoms with van der Waals surface area (Å²) in [7, 11) is 2.98. The molecule has 0 aliphatic carbocycles. The molecule has 2 aromatic rings. The van der Waals surface area contributed by atoms with E-state index in [9.17, 15) is 4.79 Å². The molecule has 0 bridgehead atoms. The van der Waals surface area contributed by atoms with Gasteiger partial charge in [0.25, 0.3) is 0 Å². The highest BCUT2D eigenvalue weighted by molar-refractivity contribution is 5.98. The van der Waals surface area contributed by atoms with Gasteiger partial charge in [-0.25, -0.2) is 4.79 Å². The van der Waals surface area contributed by atoms with Crippen LogP contribution < -0.4 is 15.2 Å². The maximum atomic E-state index is 12.0. The number of benzene rings is 1. The Labute approximate surface area is 127 Å². The fourth-order valence-corrected chi connectivity index (χ4v) is 1.64. The summed E-state index contributed by atoms with van der Waals surface area (Å²) >= 11 is 0. The van der Waals surface area contributed by atoms with Crippen molar-refractivity contribution in [3.05, 3.63) is 53.9 Å². The Balaban J connectivity index is 2.15. The summed E-state index contributed by atoms with van der Waals surface area (Å²) in [4.78, 5) is 20.7. The number of oxime groups is 1. The van der Waals surface area contributed by atoms with Crippen molar-refractivity contribution < 1.29 is 19.1 Å². The SMILES string of the molecule is COc1cc(OC)cc(C(=O)ON=C(N)c2cccnc2)c1. The molecule has 0 radical (unpaired) electrons. The molecule has 0 fully saturated rings. The van der Waals surface area contributed by atoms with Gasteiger partial charge in [-0.1, -0.05) is 5.16 Å². The Kier molecular flexibility index (Phi) is 4.92. The number of amidine groups is 1. The van der Waals surface area contributed by atoms with Crippen LogP contribution in [0.25, 0.3) is 0 Å². The van der Waals surface area contributed by atoms with Gasteiger partial charge in [0, 0.05) is 24.0 Å². The lowest BCUT2D eigenvalue weighted by Gasteiger charge is -2.06. The van der Waals surface area contributed by atoms with Gasteiger partial charge < -0.3 is 20.0 Å². The number of pyridine rings is 1. The molecule has 0 spiro atoms. The summed E-state index contributed by atoms with van der Waals surface area (Å²) in [6.07, 6.45) is 3.12. The first-order valence-corrected chi connectivity index (χ1v) is 6.32. The van der Waals surface area contributed by atoms with E-state index < -0.39 is 5.97 Å². The molecule has 0 aliphatic heterocycles. The number of methoxy groups -OCH3 is 2. The second-order valence-electron chi connectivity index (χ2n) is 4.20. The van der Waals surface area contributed by atoms with Gasteiger partial charge in [0.15, 0.2) is 5.84 Å². The molecule has 1 aromatic carbocycles. The maximum Gasteiger partial charge on any atom is 0.366 e. The molecule has 0 atom stereocenters. The molecule has 0 saturated heterocycles. The first-order valence-electron chi connectivity index (χ1n) is 6.32. The molecular weight excluding hydrogens is 286 g/mol. The van der Waals surface area contributed by atoms with Crippen LogP contribution in [-0.2, 0) is 4.84 Å². The average molecular weight is 301 g/mol. The number of carbonyl (C=O) groups excluding carboxylic acids is 1. The van der Waals surface area contributed by atoms with Gasteiger partial charge in [0.2, 0.25) is 0 Å². The fourth-order valence-electron chi connectivity index (χ4n) is 1.64. The quantitative estimate of drug-likeness (QED) is 0.390. The maximum absolute atomic E-state index is 12.0. The number of nitrogens with two attached hydrogens (primary N) is 1. The van der Waals surface area contributed by atoms with Crippen molar-refractivity contribution in [1.82, 2.24) is 4.98 Å². The van der Waals surface area contributed by atoms with E-state index in [2.05, 4.69) is 10.1 Å². The highest BCUT2D eigenvalue weighted by Gasteiger charge is 2.12. The molecule has 2 rings (SSSR count). The highest BCUT2D eigenvalue weighted by Crippen LogP contribution is 2.23. The molecular formula is C15H15N3O4. The van der Waals surface area contributed by atoms with Gasteiger partial charge in [-0.3, -0.25) is 4.98 Å². The van der Waals surface area contributed by atoms with Crippen molar-refractivity contribution in [2.75, 3.05) is 14.2 Å². The van der Waals surface area contributed by atoms with Crippen molar-refractivity contribution in [2.45, 2.75) is 0 Å². The summed E-state index contributed by atoms with van der Waals surface area (Å²) < 4.78 is 10.2. The zero-order valence-corrected chi connectivity index (χ0v) is 12.1. The van der Waals surface area contributed by atoms with Crippen LogP contribution in [0.1, 0.15) is 15.9 Å². The molecule has 22 heavy (non-hydrogen) atoms. The Hall–Kier alpha value is -3.09. The summed E-state index contributed by atoms with van der Waals surface area (Å²) in [6, 6.07) is 8.08. The van der Waals surface area contributed by atoms with Gasteiger partial charge in [-0.2, -0.15) is 0 Å². The van der Waals surface area contributed by atoms with Crippen LogP contribution in [0.4, 0.5) is 0 Å². The number of aromatic nitrogens is 1. The highest BCUT2D eigenvalue weighted by atomic mass is 16.7. The summed E-state index contributed by atoms with van der Waals surface area (Å²) in [5, 5.41) is 3.60. The monoisotopic (exact) mass is 301 g/mol. The summed E-state index contributed by atoms with van der Waals surface area (Å²) in [6.45, 7) is 0. The topological polar surface area (TPSA) is 96.0 Å². The van der Waals surface area contributed by atoms with Crippen LogP contribution in [0, 0.1) is 0 Å². The van der Waals surface area contributed by atoms with Crippen LogP contribution in [-0.4, -0.2) is 31.0 Å². The third kappa shape index (κ3) is 3.72. The number of nitrogens with zero attached hydrogens (tertiary/aromatic N) is 2. The van der Waals surface area contributed by atoms with E-state index in [-0.39, 0.29) is 11.4 Å². The van der Waals surface area contributed by atoms with Crippen LogP contribution in [0.5, 0.6) is 11.5 Å². The number of hydrogen-bond acceptors (Lipinski definition) is 6. The van der Waals surface area contributed by atoms with E-state index in [1.807, 2.05) is 0 Å². The second-order valence-corrected chi connectivity index (χ2v) is 4.20. The number of ether oxygens (including phenoxy) is 2. The van der Waals surface area contributed by atoms with E-state index in [0.717, 1.165) is 0 Å². The minimum absolute atomic E-state index is 0.0521. The lowest BCUT2D eigenvalue weighted by atomic mass is 10.2. The van der Waals surface area contributed by atoms with Gasteiger partial charge in [-0.15, -0.1) is 0 Å². The van der Waals surface area contributed by atoms with Crippen molar-refractivity contribution in [3.8, 4) is 11.5 Å². The zero-order chi connectivity index (χ0) is 15.9. The van der Waals surface area contributed by atoms with E-state index in [1.165, 1.54) is 32.5 Å². The second kappa shape index (κ2) is 7.07. The van der Waals surface area contributed by atoms with Gasteiger partial charge in [0.1, 0.15) is 11.5 Å². The van der Waals surface area contributed by atoms with Crippen molar-refractivity contribution in [2.24, 2.45) is 10.9 Å². The number of hydrogen-bond donors (Lipinski definition) is 1. The van der Waals surface area contributed by atoms with E-state index in [4.69, 9.17) is 20.0 Å². The number of rotatable bonds is 5. The lowest BCUT2D eigenvalue weighted by molar-refractivity contribution is 0.0515. The van der Waals surface area contributed by atoms with E-state index >= 15 is 0 Å². The molecule has 0 unspecified atom stereocenters. The molecule has 114 valence electrons. The van der Waals surface area contributed by atoms with Gasteiger partial charge in [0.05, 0.1) is 19.8 Å². The molecule has 1 aromatic heterocycles. The first kappa shape index (κ1) is 15.3. The molecule has 0 amide bonds. The molecule has 7 heteroatoms. The van der Waals surface area contributed by atoms with Crippen LogP contribution in [0.15, 0.2) is 47.9 Å². The summed E-state index contributed by atoms with van der Waals surface area (Å²) in [5.41, 5.74) is 6.51. The Bertz CT molecular complexity index is 664. The minimum Gasteiger partial charge on any atom is -0.497 e. The minimum atomic E-state index is -0.677. The molecule has 1 heterocycles. The van der Waals surface area contributed by atoms with Crippen LogP contribution in [0.3, 0.4) is 0 Å². The molecule has 0 aliphatic rings.